The topological polar surface area (TPSA) is 119 Å². The van der Waals surface area contributed by atoms with E-state index < -0.39 is 29.5 Å². The molecule has 0 amide bonds. The Kier molecular flexibility index (Phi) is 9.42. The lowest BCUT2D eigenvalue weighted by molar-refractivity contribution is 0.0697. The first-order valence-electron chi connectivity index (χ1n) is 13.7. The summed E-state index contributed by atoms with van der Waals surface area (Å²) < 4.78 is 63.4. The summed E-state index contributed by atoms with van der Waals surface area (Å²) in [6, 6.07) is 16.5. The fourth-order valence-electron chi connectivity index (χ4n) is 5.01. The zero-order chi connectivity index (χ0) is 32.1. The highest BCUT2D eigenvalue weighted by molar-refractivity contribution is 5.92. The first-order valence-corrected chi connectivity index (χ1v) is 13.7. The Balaban J connectivity index is 1.45. The van der Waals surface area contributed by atoms with Gasteiger partial charge in [-0.3, -0.25) is 0 Å². The minimum Gasteiger partial charge on any atom is -0.478 e. The molecule has 0 saturated carbocycles. The van der Waals surface area contributed by atoms with Gasteiger partial charge in [-0.2, -0.15) is 5.26 Å². The lowest BCUT2D eigenvalue weighted by atomic mass is 10.0. The van der Waals surface area contributed by atoms with Crippen molar-refractivity contribution in [1.29, 1.82) is 5.26 Å². The molecule has 0 spiro atoms. The predicted molar refractivity (Wildman–Crippen MR) is 157 cm³/mol. The second kappa shape index (κ2) is 13.6. The number of ether oxygens (including phenoxy) is 3. The largest absolute Gasteiger partial charge is 0.478 e. The van der Waals surface area contributed by atoms with Gasteiger partial charge in [0.15, 0.2) is 0 Å². The SMILES string of the molecule is COCC(COC)n1c(Cc2cc(F)c(-c3cccc(OCc4ccc(C#N)cc4F)n3)cc2F)nc2ccc(C(=O)O)cc21. The predicted octanol–water partition coefficient (Wildman–Crippen LogP) is 6.09. The number of imidazole rings is 1. The van der Waals surface area contributed by atoms with Crippen molar-refractivity contribution in [2.75, 3.05) is 27.4 Å². The molecule has 2 aromatic heterocycles. The van der Waals surface area contributed by atoms with E-state index in [1.807, 2.05) is 6.07 Å². The molecule has 45 heavy (non-hydrogen) atoms. The van der Waals surface area contributed by atoms with Crippen LogP contribution in [0.15, 0.2) is 66.7 Å². The molecule has 3 aromatic carbocycles. The first kappa shape index (κ1) is 31.2. The van der Waals surface area contributed by atoms with Gasteiger partial charge in [0.05, 0.1) is 53.2 Å². The van der Waals surface area contributed by atoms with Gasteiger partial charge in [0, 0.05) is 37.8 Å². The molecule has 230 valence electrons. The molecule has 0 aliphatic rings. The van der Waals surface area contributed by atoms with Crippen LogP contribution in [0.5, 0.6) is 5.88 Å². The van der Waals surface area contributed by atoms with Gasteiger partial charge in [-0.1, -0.05) is 12.1 Å². The molecule has 2 heterocycles. The number of carboxylic acids is 1. The minimum atomic E-state index is -1.12. The number of nitrogens with zero attached hydrogens (tertiary/aromatic N) is 4. The molecular weight excluding hydrogens is 589 g/mol. The highest BCUT2D eigenvalue weighted by Gasteiger charge is 2.23. The minimum absolute atomic E-state index is 0.0172. The van der Waals surface area contributed by atoms with E-state index in [0.29, 0.717) is 16.9 Å². The lowest BCUT2D eigenvalue weighted by Gasteiger charge is -2.21. The first-order chi connectivity index (χ1) is 21.7. The normalized spacial score (nSPS) is 11.2. The summed E-state index contributed by atoms with van der Waals surface area (Å²) in [7, 11) is 3.02. The molecule has 5 rings (SSSR count). The van der Waals surface area contributed by atoms with E-state index in [1.54, 1.807) is 16.7 Å². The molecule has 0 aliphatic carbocycles. The molecule has 9 nitrogen and oxygen atoms in total. The number of carbonyl (C=O) groups is 1. The molecule has 0 saturated heterocycles. The molecule has 0 atom stereocenters. The Morgan fingerprint density at radius 2 is 1.69 bits per heavy atom. The number of hydrogen-bond donors (Lipinski definition) is 1. The van der Waals surface area contributed by atoms with Crippen LogP contribution in [0.25, 0.3) is 22.3 Å². The number of aromatic carboxylic acids is 1. The van der Waals surface area contributed by atoms with E-state index >= 15 is 8.78 Å². The second-order valence-electron chi connectivity index (χ2n) is 10.1. The van der Waals surface area contributed by atoms with Crippen molar-refractivity contribution in [3.63, 3.8) is 0 Å². The van der Waals surface area contributed by atoms with Gasteiger partial charge in [0.1, 0.15) is 29.9 Å². The van der Waals surface area contributed by atoms with Crippen LogP contribution >= 0.6 is 0 Å². The zero-order valence-electron chi connectivity index (χ0n) is 24.3. The number of hydrogen-bond acceptors (Lipinski definition) is 7. The monoisotopic (exact) mass is 616 g/mol. The number of halogens is 3. The summed E-state index contributed by atoms with van der Waals surface area (Å²) in [5.74, 6) is -2.75. The van der Waals surface area contributed by atoms with Crippen LogP contribution < -0.4 is 4.74 Å². The average molecular weight is 617 g/mol. The van der Waals surface area contributed by atoms with Gasteiger partial charge >= 0.3 is 5.97 Å². The maximum absolute atomic E-state index is 15.6. The fraction of sp³-hybridized carbons (Fsp3) is 0.212. The van der Waals surface area contributed by atoms with Gasteiger partial charge in [-0.25, -0.2) is 27.9 Å². The Morgan fingerprint density at radius 1 is 0.933 bits per heavy atom. The van der Waals surface area contributed by atoms with E-state index in [2.05, 4.69) is 9.97 Å². The number of benzene rings is 3. The second-order valence-corrected chi connectivity index (χ2v) is 10.1. The molecule has 0 bridgehead atoms. The number of fused-ring (bicyclic) bond motifs is 1. The average Bonchev–Trinajstić information content (AvgIpc) is 3.39. The highest BCUT2D eigenvalue weighted by atomic mass is 19.1. The highest BCUT2D eigenvalue weighted by Crippen LogP contribution is 2.30. The molecule has 0 radical (unpaired) electrons. The standard InChI is InChI=1S/C33H27F3N4O5/c1-43-17-23(18-44-2)40-30-12-20(33(41)42)8-9-29(30)38-31(40)13-22-11-27(36)24(14-26(22)35)28-4-3-5-32(39-28)45-16-21-7-6-19(15-37)10-25(21)34/h3-12,14,23H,13,16-18H2,1-2H3,(H,41,42). The third kappa shape index (κ3) is 6.80. The number of methoxy groups -OCH3 is 2. The van der Waals surface area contributed by atoms with Crippen molar-refractivity contribution in [2.24, 2.45) is 0 Å². The lowest BCUT2D eigenvalue weighted by Crippen LogP contribution is -2.22. The van der Waals surface area contributed by atoms with E-state index in [-0.39, 0.29) is 65.6 Å². The van der Waals surface area contributed by atoms with Crippen molar-refractivity contribution >= 4 is 17.0 Å². The Hall–Kier alpha value is -5.25. The number of aromatic nitrogens is 3. The summed E-state index contributed by atoms with van der Waals surface area (Å²) in [4.78, 5) is 20.5. The summed E-state index contributed by atoms with van der Waals surface area (Å²) in [5.41, 5.74) is 1.40. The molecule has 1 N–H and O–H groups in total. The van der Waals surface area contributed by atoms with E-state index in [1.165, 1.54) is 50.6 Å². The summed E-state index contributed by atoms with van der Waals surface area (Å²) in [5, 5.41) is 18.4. The number of rotatable bonds is 12. The Morgan fingerprint density at radius 3 is 2.38 bits per heavy atom. The van der Waals surface area contributed by atoms with E-state index in [9.17, 15) is 14.3 Å². The van der Waals surface area contributed by atoms with Gasteiger partial charge in [0.25, 0.3) is 0 Å². The van der Waals surface area contributed by atoms with Gasteiger partial charge < -0.3 is 23.9 Å². The van der Waals surface area contributed by atoms with Crippen LogP contribution in [-0.4, -0.2) is 53.0 Å². The van der Waals surface area contributed by atoms with Crippen molar-refractivity contribution in [1.82, 2.24) is 14.5 Å². The molecule has 0 aliphatic heterocycles. The fourth-order valence-corrected chi connectivity index (χ4v) is 5.01. The molecular formula is C33H27F3N4O5. The summed E-state index contributed by atoms with van der Waals surface area (Å²) in [6.07, 6.45) is -0.114. The van der Waals surface area contributed by atoms with Crippen LogP contribution in [0.1, 0.15) is 38.9 Å². The Labute approximate surface area is 256 Å². The van der Waals surface area contributed by atoms with Crippen LogP contribution in [-0.2, 0) is 22.5 Å². The Bertz CT molecular complexity index is 1920. The summed E-state index contributed by atoms with van der Waals surface area (Å²) >= 11 is 0. The third-order valence-corrected chi connectivity index (χ3v) is 7.13. The number of nitriles is 1. The van der Waals surface area contributed by atoms with Gasteiger partial charge in [-0.15, -0.1) is 0 Å². The van der Waals surface area contributed by atoms with Crippen LogP contribution in [0.3, 0.4) is 0 Å². The van der Waals surface area contributed by atoms with Gasteiger partial charge in [0.2, 0.25) is 5.88 Å². The van der Waals surface area contributed by atoms with Crippen LogP contribution in [0.4, 0.5) is 13.2 Å². The summed E-state index contributed by atoms with van der Waals surface area (Å²) in [6.45, 7) is 0.203. The molecule has 0 unspecified atom stereocenters. The van der Waals surface area contributed by atoms with Crippen molar-refractivity contribution in [2.45, 2.75) is 19.1 Å². The van der Waals surface area contributed by atoms with Crippen molar-refractivity contribution in [3.05, 3.63) is 112 Å². The smallest absolute Gasteiger partial charge is 0.335 e. The van der Waals surface area contributed by atoms with Crippen LogP contribution in [0.2, 0.25) is 0 Å². The van der Waals surface area contributed by atoms with Crippen molar-refractivity contribution in [3.8, 4) is 23.2 Å². The maximum atomic E-state index is 15.6. The van der Waals surface area contributed by atoms with Crippen molar-refractivity contribution < 1.29 is 37.3 Å². The zero-order valence-corrected chi connectivity index (χ0v) is 24.3. The molecule has 0 fully saturated rings. The third-order valence-electron chi connectivity index (χ3n) is 7.13. The number of carboxylic acid groups (broad SMARTS) is 1. The number of pyridine rings is 1. The van der Waals surface area contributed by atoms with E-state index in [0.717, 1.165) is 18.2 Å². The maximum Gasteiger partial charge on any atom is 0.335 e. The molecule has 12 heteroatoms. The molecule has 5 aromatic rings. The van der Waals surface area contributed by atoms with Crippen LogP contribution in [0, 0.1) is 28.8 Å². The quantitative estimate of drug-likeness (QED) is 0.179. The van der Waals surface area contributed by atoms with Gasteiger partial charge in [-0.05, 0) is 54.1 Å². The van der Waals surface area contributed by atoms with E-state index in [4.69, 9.17) is 19.5 Å².